The van der Waals surface area contributed by atoms with Crippen molar-refractivity contribution >= 4 is 45.2 Å². The van der Waals surface area contributed by atoms with Gasteiger partial charge in [0.15, 0.2) is 9.84 Å². The Kier molecular flexibility index (Phi) is 10.1. The van der Waals surface area contributed by atoms with Crippen molar-refractivity contribution in [2.45, 2.75) is 47.3 Å². The van der Waals surface area contributed by atoms with Crippen LogP contribution in [0.5, 0.6) is 0 Å². The summed E-state index contributed by atoms with van der Waals surface area (Å²) in [5.41, 5.74) is 3.86. The number of thioether (sulfide) groups is 1. The van der Waals surface area contributed by atoms with Gasteiger partial charge in [0.05, 0.1) is 34.0 Å². The number of halogens is 3. The molecule has 0 aromatic heterocycles. The highest BCUT2D eigenvalue weighted by molar-refractivity contribution is 7.98. The number of hydrogen-bond acceptors (Lipinski definition) is 7. The lowest BCUT2D eigenvalue weighted by molar-refractivity contribution is -0.137. The molecule has 1 fully saturated rings. The minimum absolute atomic E-state index is 0.157. The summed E-state index contributed by atoms with van der Waals surface area (Å²) in [7, 11) is -3.68. The zero-order valence-electron chi connectivity index (χ0n) is 21.3. The van der Waals surface area contributed by atoms with Crippen molar-refractivity contribution < 1.29 is 41.1 Å². The number of hydrogen-bond donors (Lipinski definition) is 5. The van der Waals surface area contributed by atoms with Crippen molar-refractivity contribution in [3.8, 4) is 0 Å². The van der Waals surface area contributed by atoms with Gasteiger partial charge in [-0.2, -0.15) is 13.2 Å². The number of carbonyl (C=O) groups excluding carboxylic acids is 2. The molecule has 0 bridgehead atoms. The maximum Gasteiger partial charge on any atom is 0.416 e. The molecule has 6 N–H and O–H groups in total. The lowest BCUT2D eigenvalue weighted by Gasteiger charge is -2.35. The largest absolute Gasteiger partial charge is 0.465 e. The van der Waals surface area contributed by atoms with Crippen molar-refractivity contribution in [1.82, 2.24) is 10.6 Å². The topological polar surface area (TPSA) is 168 Å². The van der Waals surface area contributed by atoms with E-state index >= 15 is 0 Å². The van der Waals surface area contributed by atoms with Crippen LogP contribution in [0.3, 0.4) is 0 Å². The summed E-state index contributed by atoms with van der Waals surface area (Å²) in [6, 6.07) is 7.46. The highest BCUT2D eigenvalue weighted by atomic mass is 32.2. The van der Waals surface area contributed by atoms with Gasteiger partial charge in [0, 0.05) is 17.0 Å². The molecule has 3 unspecified atom stereocenters. The van der Waals surface area contributed by atoms with Gasteiger partial charge in [0.1, 0.15) is 0 Å². The first-order valence-electron chi connectivity index (χ1n) is 12.1. The first-order valence-corrected chi connectivity index (χ1v) is 15.0. The number of nitrogens with one attached hydrogen (secondary N) is 3. The van der Waals surface area contributed by atoms with Crippen LogP contribution in [0.15, 0.2) is 52.3 Å². The highest BCUT2D eigenvalue weighted by Crippen LogP contribution is 2.32. The first-order chi connectivity index (χ1) is 18.7. The summed E-state index contributed by atoms with van der Waals surface area (Å²) in [6.07, 6.45) is -3.22. The summed E-state index contributed by atoms with van der Waals surface area (Å²) in [4.78, 5) is 37.4. The standard InChI is InChI=1S/C25H29F3N4O6S2/c1-39-17-5-7-18(8-6-17)40(37,38)13-14-2-4-16(29)11-21(14)31-22(33)12-30-23(34)19-10-15(25(26,27)28)3-9-20(19)32-24(35)36/h3,5-10,14,16,21,32H,2,4,11-13,29H2,1H3,(H,30,34)(H,31,33)(H,35,36). The molecule has 40 heavy (non-hydrogen) atoms. The molecule has 3 atom stereocenters. The third-order valence-corrected chi connectivity index (χ3v) is 9.08. The van der Waals surface area contributed by atoms with Crippen molar-refractivity contribution in [3.63, 3.8) is 0 Å². The number of amides is 3. The maximum atomic E-state index is 13.1. The van der Waals surface area contributed by atoms with E-state index in [4.69, 9.17) is 10.8 Å². The molecule has 1 aliphatic rings. The van der Waals surface area contributed by atoms with E-state index < -0.39 is 69.2 Å². The van der Waals surface area contributed by atoms with E-state index in [2.05, 4.69) is 10.6 Å². The summed E-state index contributed by atoms with van der Waals surface area (Å²) < 4.78 is 65.5. The van der Waals surface area contributed by atoms with Crippen LogP contribution < -0.4 is 21.7 Å². The van der Waals surface area contributed by atoms with Crippen molar-refractivity contribution in [3.05, 3.63) is 53.6 Å². The summed E-state index contributed by atoms with van der Waals surface area (Å²) in [5, 5.41) is 15.7. The number of alkyl halides is 3. The van der Waals surface area contributed by atoms with Gasteiger partial charge in [-0.3, -0.25) is 14.9 Å². The molecule has 1 saturated carbocycles. The normalized spacial score (nSPS) is 19.5. The van der Waals surface area contributed by atoms with Crippen molar-refractivity contribution in [2.75, 3.05) is 23.9 Å². The van der Waals surface area contributed by atoms with Crippen LogP contribution in [0.2, 0.25) is 0 Å². The van der Waals surface area contributed by atoms with Crippen LogP contribution in [0.4, 0.5) is 23.7 Å². The molecule has 2 aromatic rings. The van der Waals surface area contributed by atoms with Crippen molar-refractivity contribution in [2.24, 2.45) is 11.7 Å². The smallest absolute Gasteiger partial charge is 0.416 e. The van der Waals surface area contributed by atoms with E-state index in [9.17, 15) is 36.0 Å². The molecular formula is C25H29F3N4O6S2. The fraction of sp³-hybridized carbons (Fsp3) is 0.400. The molecule has 15 heteroatoms. The Balaban J connectivity index is 1.69. The maximum absolute atomic E-state index is 13.1. The van der Waals surface area contributed by atoms with Crippen LogP contribution in [-0.4, -0.2) is 62.1 Å². The Morgan fingerprint density at radius 1 is 1.10 bits per heavy atom. The van der Waals surface area contributed by atoms with E-state index in [1.54, 1.807) is 12.1 Å². The van der Waals surface area contributed by atoms with Gasteiger partial charge in [-0.1, -0.05) is 0 Å². The quantitative estimate of drug-likeness (QED) is 0.273. The molecule has 10 nitrogen and oxygen atoms in total. The van der Waals surface area contributed by atoms with Gasteiger partial charge >= 0.3 is 12.3 Å². The molecular weight excluding hydrogens is 573 g/mol. The number of carbonyl (C=O) groups is 3. The Hall–Kier alpha value is -3.30. The van der Waals surface area contributed by atoms with Crippen LogP contribution in [-0.2, 0) is 20.8 Å². The van der Waals surface area contributed by atoms with Gasteiger partial charge in [-0.05, 0) is 73.9 Å². The number of benzene rings is 2. The average molecular weight is 603 g/mol. The summed E-state index contributed by atoms with van der Waals surface area (Å²) >= 11 is 1.48. The van der Waals surface area contributed by atoms with Gasteiger partial charge in [-0.15, -0.1) is 11.8 Å². The molecule has 0 radical (unpaired) electrons. The molecule has 2 aromatic carbocycles. The minimum atomic E-state index is -4.79. The molecule has 218 valence electrons. The Morgan fingerprint density at radius 3 is 2.38 bits per heavy atom. The molecule has 3 amide bonds. The predicted molar refractivity (Wildman–Crippen MR) is 143 cm³/mol. The SMILES string of the molecule is CSc1ccc(S(=O)(=O)CC2CCC(N)CC2NC(=O)CNC(=O)c2cc(C(F)(F)F)ccc2NC(=O)O)cc1. The Bertz CT molecular complexity index is 1350. The molecule has 3 rings (SSSR count). The molecule has 0 heterocycles. The fourth-order valence-corrected chi connectivity index (χ4v) is 6.56. The summed E-state index contributed by atoms with van der Waals surface area (Å²) in [5.74, 6) is -2.51. The van der Waals surface area contributed by atoms with Gasteiger partial charge in [-0.25, -0.2) is 13.2 Å². The minimum Gasteiger partial charge on any atom is -0.465 e. The number of anilines is 1. The van der Waals surface area contributed by atoms with Gasteiger partial charge < -0.3 is 21.5 Å². The monoisotopic (exact) mass is 602 g/mol. The van der Waals surface area contributed by atoms with E-state index in [-0.39, 0.29) is 16.7 Å². The van der Waals surface area contributed by atoms with Crippen LogP contribution in [0, 0.1) is 5.92 Å². The summed E-state index contributed by atoms with van der Waals surface area (Å²) in [6.45, 7) is -0.650. The Labute approximate surface area is 233 Å². The molecule has 0 spiro atoms. The second-order valence-corrected chi connectivity index (χ2v) is 12.2. The second-order valence-electron chi connectivity index (χ2n) is 9.34. The lowest BCUT2D eigenvalue weighted by Crippen LogP contribution is -2.51. The molecule has 1 aliphatic carbocycles. The van der Waals surface area contributed by atoms with E-state index in [1.807, 2.05) is 11.6 Å². The number of rotatable bonds is 9. The van der Waals surface area contributed by atoms with E-state index in [0.29, 0.717) is 31.4 Å². The highest BCUT2D eigenvalue weighted by Gasteiger charge is 2.35. The number of sulfone groups is 1. The second kappa shape index (κ2) is 12.9. The molecule has 0 aliphatic heterocycles. The Morgan fingerprint density at radius 2 is 1.77 bits per heavy atom. The van der Waals surface area contributed by atoms with Crippen molar-refractivity contribution in [1.29, 1.82) is 0 Å². The van der Waals surface area contributed by atoms with Gasteiger partial charge in [0.2, 0.25) is 5.91 Å². The number of carboxylic acid groups (broad SMARTS) is 1. The van der Waals surface area contributed by atoms with Gasteiger partial charge in [0.25, 0.3) is 5.91 Å². The van der Waals surface area contributed by atoms with Crippen LogP contribution in [0.1, 0.15) is 35.2 Å². The van der Waals surface area contributed by atoms with Crippen LogP contribution >= 0.6 is 11.8 Å². The average Bonchev–Trinajstić information content (AvgIpc) is 2.88. The number of nitrogens with two attached hydrogens (primary N) is 1. The van der Waals surface area contributed by atoms with Crippen LogP contribution in [0.25, 0.3) is 0 Å². The zero-order valence-corrected chi connectivity index (χ0v) is 23.0. The first kappa shape index (κ1) is 31.2. The predicted octanol–water partition coefficient (Wildman–Crippen LogP) is 3.33. The third-order valence-electron chi connectivity index (χ3n) is 6.48. The third kappa shape index (κ3) is 8.35. The zero-order chi connectivity index (χ0) is 29.7. The lowest BCUT2D eigenvalue weighted by atomic mass is 9.83. The fourth-order valence-electron chi connectivity index (χ4n) is 4.45. The molecule has 0 saturated heterocycles. The van der Waals surface area contributed by atoms with E-state index in [1.165, 1.54) is 23.9 Å². The van der Waals surface area contributed by atoms with E-state index in [0.717, 1.165) is 11.0 Å².